The number of ether oxygens (including phenoxy) is 1. The van der Waals surface area contributed by atoms with Crippen LogP contribution in [0.2, 0.25) is 5.15 Å². The molecule has 0 aliphatic carbocycles. The smallest absolute Gasteiger partial charge is 0.406 e. The van der Waals surface area contributed by atoms with E-state index in [9.17, 15) is 13.2 Å². The maximum atomic E-state index is 12.2. The topological polar surface area (TPSA) is 40.6 Å². The van der Waals surface area contributed by atoms with Gasteiger partial charge in [-0.3, -0.25) is 0 Å². The number of piperazine rings is 1. The van der Waals surface area contributed by atoms with Crippen molar-refractivity contribution in [3.8, 4) is 5.75 Å². The lowest BCUT2D eigenvalue weighted by Gasteiger charge is -2.34. The van der Waals surface area contributed by atoms with Crippen molar-refractivity contribution >= 4 is 28.8 Å². The minimum Gasteiger partial charge on any atom is -0.406 e. The number of pyridine rings is 1. The highest BCUT2D eigenvalue weighted by atomic mass is 35.5. The summed E-state index contributed by atoms with van der Waals surface area (Å²) in [5, 5.41) is 3.40. The number of halogens is 4. The molecule has 5 nitrogen and oxygen atoms in total. The van der Waals surface area contributed by atoms with Gasteiger partial charge in [0.15, 0.2) is 0 Å². The molecule has 0 radical (unpaired) electrons. The van der Waals surface area contributed by atoms with Crippen molar-refractivity contribution < 1.29 is 17.9 Å². The van der Waals surface area contributed by atoms with Crippen LogP contribution in [-0.4, -0.2) is 49.5 Å². The van der Waals surface area contributed by atoms with E-state index in [0.717, 1.165) is 31.9 Å². The van der Waals surface area contributed by atoms with E-state index < -0.39 is 6.36 Å². The Morgan fingerprint density at radius 1 is 1.08 bits per heavy atom. The summed E-state index contributed by atoms with van der Waals surface area (Å²) < 4.78 is 40.5. The van der Waals surface area contributed by atoms with Crippen molar-refractivity contribution in [1.29, 1.82) is 0 Å². The van der Waals surface area contributed by atoms with Crippen LogP contribution in [0.15, 0.2) is 36.4 Å². The van der Waals surface area contributed by atoms with Crippen LogP contribution in [0.5, 0.6) is 5.75 Å². The minimum atomic E-state index is -4.71. The van der Waals surface area contributed by atoms with Gasteiger partial charge in [0.1, 0.15) is 16.7 Å². The van der Waals surface area contributed by atoms with Gasteiger partial charge >= 0.3 is 6.36 Å². The summed E-state index contributed by atoms with van der Waals surface area (Å²) in [6, 6.07) is 9.12. The van der Waals surface area contributed by atoms with Gasteiger partial charge in [-0.15, -0.1) is 13.2 Å². The minimum absolute atomic E-state index is 0.278. The number of nitrogens with one attached hydrogen (secondary N) is 1. The maximum Gasteiger partial charge on any atom is 0.573 e. The van der Waals surface area contributed by atoms with Crippen LogP contribution < -0.4 is 15.0 Å². The fourth-order valence-corrected chi connectivity index (χ4v) is 2.89. The number of benzene rings is 1. The second-order valence-electron chi connectivity index (χ2n) is 6.02. The van der Waals surface area contributed by atoms with Gasteiger partial charge in [0.05, 0.1) is 0 Å². The number of rotatable bonds is 4. The van der Waals surface area contributed by atoms with E-state index in [-0.39, 0.29) is 5.75 Å². The fourth-order valence-electron chi connectivity index (χ4n) is 2.68. The van der Waals surface area contributed by atoms with Gasteiger partial charge in [0.25, 0.3) is 0 Å². The number of likely N-dealkylation sites (N-methyl/N-ethyl adjacent to an activating group) is 1. The Labute approximate surface area is 154 Å². The zero-order chi connectivity index (χ0) is 18.7. The van der Waals surface area contributed by atoms with Gasteiger partial charge in [0, 0.05) is 43.6 Å². The average molecular weight is 387 g/mol. The molecular formula is C17H18ClF3N4O. The molecule has 1 aliphatic heterocycles. The molecule has 140 valence electrons. The molecule has 9 heteroatoms. The van der Waals surface area contributed by atoms with Crippen LogP contribution in [0.25, 0.3) is 0 Å². The summed E-state index contributed by atoms with van der Waals surface area (Å²) in [6.45, 7) is 3.70. The van der Waals surface area contributed by atoms with Gasteiger partial charge in [-0.25, -0.2) is 4.98 Å². The summed E-state index contributed by atoms with van der Waals surface area (Å²) in [5.74, 6) is 0.246. The van der Waals surface area contributed by atoms with Crippen molar-refractivity contribution in [2.45, 2.75) is 6.36 Å². The number of alkyl halides is 3. The van der Waals surface area contributed by atoms with E-state index in [1.54, 1.807) is 6.07 Å². The largest absolute Gasteiger partial charge is 0.573 e. The summed E-state index contributed by atoms with van der Waals surface area (Å²) in [5.41, 5.74) is 1.54. The molecule has 0 amide bonds. The van der Waals surface area contributed by atoms with Crippen LogP contribution >= 0.6 is 11.6 Å². The molecule has 1 fully saturated rings. The summed E-state index contributed by atoms with van der Waals surface area (Å²) >= 11 is 6.13. The highest BCUT2D eigenvalue weighted by Gasteiger charge is 2.30. The van der Waals surface area contributed by atoms with Crippen LogP contribution in [0.3, 0.4) is 0 Å². The molecule has 26 heavy (non-hydrogen) atoms. The molecule has 2 aromatic rings. The summed E-state index contributed by atoms with van der Waals surface area (Å²) in [6.07, 6.45) is -4.71. The second kappa shape index (κ2) is 7.59. The molecule has 1 aromatic carbocycles. The molecule has 0 bridgehead atoms. The van der Waals surface area contributed by atoms with Crippen LogP contribution in [0.4, 0.5) is 30.4 Å². The summed E-state index contributed by atoms with van der Waals surface area (Å²) in [7, 11) is 2.08. The first-order valence-electron chi connectivity index (χ1n) is 8.02. The van der Waals surface area contributed by atoms with Crippen LogP contribution in [0.1, 0.15) is 0 Å². The van der Waals surface area contributed by atoms with Gasteiger partial charge in [-0.05, 0) is 37.4 Å². The molecule has 0 unspecified atom stereocenters. The van der Waals surface area contributed by atoms with Gasteiger partial charge in [0.2, 0.25) is 0 Å². The first-order chi connectivity index (χ1) is 12.3. The Kier molecular flexibility index (Phi) is 5.43. The van der Waals surface area contributed by atoms with E-state index in [2.05, 4.69) is 31.9 Å². The second-order valence-corrected chi connectivity index (χ2v) is 6.41. The Bertz CT molecular complexity index is 747. The van der Waals surface area contributed by atoms with Crippen molar-refractivity contribution in [2.75, 3.05) is 43.4 Å². The lowest BCUT2D eigenvalue weighted by molar-refractivity contribution is -0.274. The molecule has 0 spiro atoms. The van der Waals surface area contributed by atoms with E-state index in [4.69, 9.17) is 11.6 Å². The first-order valence-corrected chi connectivity index (χ1v) is 8.40. The maximum absolute atomic E-state index is 12.2. The SMILES string of the molecule is CN1CCN(c2cc(Cl)nc(Nc3ccc(OC(F)(F)F)cc3)c2)CC1. The average Bonchev–Trinajstić information content (AvgIpc) is 2.55. The molecule has 1 saturated heterocycles. The van der Waals surface area contributed by atoms with Gasteiger partial charge < -0.3 is 19.9 Å². The zero-order valence-corrected chi connectivity index (χ0v) is 14.8. The van der Waals surface area contributed by atoms with E-state index >= 15 is 0 Å². The number of aromatic nitrogens is 1. The summed E-state index contributed by atoms with van der Waals surface area (Å²) in [4.78, 5) is 8.70. The van der Waals surface area contributed by atoms with Crippen molar-refractivity contribution in [1.82, 2.24) is 9.88 Å². The molecule has 1 aliphatic rings. The third-order valence-electron chi connectivity index (χ3n) is 4.01. The number of hydrogen-bond acceptors (Lipinski definition) is 5. The third-order valence-corrected chi connectivity index (χ3v) is 4.20. The fraction of sp³-hybridized carbons (Fsp3) is 0.353. The third kappa shape index (κ3) is 5.15. The molecule has 0 atom stereocenters. The predicted octanol–water partition coefficient (Wildman–Crippen LogP) is 4.13. The zero-order valence-electron chi connectivity index (χ0n) is 14.1. The predicted molar refractivity (Wildman–Crippen MR) is 95.4 cm³/mol. The normalized spacial score (nSPS) is 15.8. The lowest BCUT2D eigenvalue weighted by atomic mass is 10.2. The molecule has 1 aromatic heterocycles. The molecule has 0 saturated carbocycles. The molecule has 3 rings (SSSR count). The molecule has 1 N–H and O–H groups in total. The molecule has 2 heterocycles. The van der Waals surface area contributed by atoms with Crippen molar-refractivity contribution in [3.63, 3.8) is 0 Å². The lowest BCUT2D eigenvalue weighted by Crippen LogP contribution is -2.44. The Morgan fingerprint density at radius 3 is 2.35 bits per heavy atom. The Balaban J connectivity index is 1.71. The Morgan fingerprint density at radius 2 is 1.73 bits per heavy atom. The molecular weight excluding hydrogens is 369 g/mol. The number of nitrogens with zero attached hydrogens (tertiary/aromatic N) is 3. The Hall–Kier alpha value is -2.19. The first kappa shape index (κ1) is 18.6. The van der Waals surface area contributed by atoms with Crippen LogP contribution in [0, 0.1) is 0 Å². The van der Waals surface area contributed by atoms with Crippen LogP contribution in [-0.2, 0) is 0 Å². The van der Waals surface area contributed by atoms with E-state index in [1.807, 2.05) is 6.07 Å². The van der Waals surface area contributed by atoms with Gasteiger partial charge in [-0.1, -0.05) is 11.6 Å². The van der Waals surface area contributed by atoms with Crippen molar-refractivity contribution in [3.05, 3.63) is 41.6 Å². The van der Waals surface area contributed by atoms with E-state index in [1.165, 1.54) is 24.3 Å². The van der Waals surface area contributed by atoms with Gasteiger partial charge in [-0.2, -0.15) is 0 Å². The number of anilines is 3. The number of hydrogen-bond donors (Lipinski definition) is 1. The standard InChI is InChI=1S/C17H18ClF3N4O/c1-24-6-8-25(9-7-24)13-10-15(18)23-16(11-13)22-12-2-4-14(5-3-12)26-17(19,20)21/h2-5,10-11H,6-9H2,1H3,(H,22,23). The highest BCUT2D eigenvalue weighted by Crippen LogP contribution is 2.28. The highest BCUT2D eigenvalue weighted by molar-refractivity contribution is 6.29. The van der Waals surface area contributed by atoms with E-state index in [0.29, 0.717) is 16.7 Å². The quantitative estimate of drug-likeness (QED) is 0.800. The monoisotopic (exact) mass is 386 g/mol. The van der Waals surface area contributed by atoms with Crippen molar-refractivity contribution in [2.24, 2.45) is 0 Å².